The van der Waals surface area contributed by atoms with Crippen LogP contribution in [0.3, 0.4) is 0 Å². The topological polar surface area (TPSA) is 72.0 Å². The lowest BCUT2D eigenvalue weighted by Gasteiger charge is -2.09. The van der Waals surface area contributed by atoms with Gasteiger partial charge in [-0.3, -0.25) is 0 Å². The van der Waals surface area contributed by atoms with Crippen molar-refractivity contribution in [3.05, 3.63) is 30.1 Å². The molecular formula is C13H16FN5O. The van der Waals surface area contributed by atoms with Gasteiger partial charge in [-0.2, -0.15) is 15.0 Å². The molecule has 0 aliphatic rings. The van der Waals surface area contributed by atoms with Gasteiger partial charge in [0.25, 0.3) is 0 Å². The largest absolute Gasteiger partial charge is 0.463 e. The van der Waals surface area contributed by atoms with Crippen molar-refractivity contribution < 1.29 is 9.13 Å². The molecule has 0 fully saturated rings. The molecule has 2 N–H and O–H groups in total. The summed E-state index contributed by atoms with van der Waals surface area (Å²) in [6.07, 6.45) is 0.854. The normalized spacial score (nSPS) is 10.2. The molecule has 0 saturated carbocycles. The number of hydrogen-bond acceptors (Lipinski definition) is 6. The molecule has 0 aliphatic heterocycles. The number of hydrogen-bond donors (Lipinski definition) is 2. The Kier molecular flexibility index (Phi) is 4.65. The van der Waals surface area contributed by atoms with Crippen molar-refractivity contribution in [2.75, 3.05) is 24.3 Å². The molecule has 0 atom stereocenters. The molecule has 0 amide bonds. The Labute approximate surface area is 116 Å². The summed E-state index contributed by atoms with van der Waals surface area (Å²) in [5, 5.41) is 5.74. The van der Waals surface area contributed by atoms with Gasteiger partial charge in [0.05, 0.1) is 6.61 Å². The summed E-state index contributed by atoms with van der Waals surface area (Å²) in [5.74, 6) is 0.339. The Balaban J connectivity index is 2.21. The Morgan fingerprint density at radius 2 is 2.00 bits per heavy atom. The van der Waals surface area contributed by atoms with E-state index in [2.05, 4.69) is 25.6 Å². The van der Waals surface area contributed by atoms with Gasteiger partial charge in [0.1, 0.15) is 5.82 Å². The van der Waals surface area contributed by atoms with Gasteiger partial charge in [-0.15, -0.1) is 0 Å². The third-order valence-electron chi connectivity index (χ3n) is 2.35. The first-order chi connectivity index (χ1) is 9.71. The van der Waals surface area contributed by atoms with Crippen LogP contribution in [-0.4, -0.2) is 28.6 Å². The molecular weight excluding hydrogens is 261 g/mol. The highest BCUT2D eigenvalue weighted by Gasteiger charge is 2.07. The Hall–Kier alpha value is -2.44. The lowest BCUT2D eigenvalue weighted by atomic mass is 10.3. The third kappa shape index (κ3) is 3.78. The van der Waals surface area contributed by atoms with E-state index >= 15 is 0 Å². The predicted octanol–water partition coefficient (Wildman–Crippen LogP) is 2.58. The van der Waals surface area contributed by atoms with E-state index < -0.39 is 0 Å². The number of nitrogens with zero attached hydrogens (tertiary/aromatic N) is 3. The lowest BCUT2D eigenvalue weighted by molar-refractivity contribution is 0.292. The molecule has 1 aromatic carbocycles. The molecule has 0 bridgehead atoms. The maximum Gasteiger partial charge on any atom is 0.323 e. The summed E-state index contributed by atoms with van der Waals surface area (Å²) in [7, 11) is 1.70. The molecule has 0 spiro atoms. The van der Waals surface area contributed by atoms with Crippen LogP contribution in [0, 0.1) is 5.82 Å². The summed E-state index contributed by atoms with van der Waals surface area (Å²) >= 11 is 0. The lowest BCUT2D eigenvalue weighted by Crippen LogP contribution is -2.07. The molecule has 1 heterocycles. The van der Waals surface area contributed by atoms with E-state index in [1.54, 1.807) is 19.2 Å². The highest BCUT2D eigenvalue weighted by atomic mass is 19.1. The van der Waals surface area contributed by atoms with Crippen LogP contribution < -0.4 is 15.4 Å². The van der Waals surface area contributed by atoms with Crippen molar-refractivity contribution >= 4 is 17.6 Å². The molecule has 106 valence electrons. The fraction of sp³-hybridized carbons (Fsp3) is 0.308. The molecule has 2 rings (SSSR count). The highest BCUT2D eigenvalue weighted by Crippen LogP contribution is 2.17. The number of benzene rings is 1. The van der Waals surface area contributed by atoms with Crippen LogP contribution in [0.4, 0.5) is 22.0 Å². The molecule has 20 heavy (non-hydrogen) atoms. The van der Waals surface area contributed by atoms with Gasteiger partial charge in [0.15, 0.2) is 0 Å². The van der Waals surface area contributed by atoms with E-state index in [4.69, 9.17) is 4.74 Å². The Morgan fingerprint density at radius 1 is 1.20 bits per heavy atom. The van der Waals surface area contributed by atoms with Crippen LogP contribution in [0.2, 0.25) is 0 Å². The van der Waals surface area contributed by atoms with Crippen LogP contribution in [-0.2, 0) is 0 Å². The SMILES string of the molecule is CCCOc1nc(NC)nc(Nc2cccc(F)c2)n1. The second kappa shape index (κ2) is 6.65. The molecule has 1 aromatic heterocycles. The van der Waals surface area contributed by atoms with E-state index in [9.17, 15) is 4.39 Å². The average Bonchev–Trinajstić information content (AvgIpc) is 2.45. The average molecular weight is 277 g/mol. The van der Waals surface area contributed by atoms with Crippen LogP contribution in [0.15, 0.2) is 24.3 Å². The zero-order chi connectivity index (χ0) is 14.4. The van der Waals surface area contributed by atoms with Crippen molar-refractivity contribution in [2.24, 2.45) is 0 Å². The fourth-order valence-electron chi connectivity index (χ4n) is 1.48. The number of nitrogens with one attached hydrogen (secondary N) is 2. The first kappa shape index (κ1) is 14.0. The van der Waals surface area contributed by atoms with Crippen molar-refractivity contribution in [3.63, 3.8) is 0 Å². The molecule has 2 aromatic rings. The second-order valence-electron chi connectivity index (χ2n) is 4.00. The fourth-order valence-corrected chi connectivity index (χ4v) is 1.48. The number of halogens is 1. The monoisotopic (exact) mass is 277 g/mol. The van der Waals surface area contributed by atoms with Crippen LogP contribution in [0.1, 0.15) is 13.3 Å². The minimum atomic E-state index is -0.333. The summed E-state index contributed by atoms with van der Waals surface area (Å²) in [4.78, 5) is 12.3. The maximum absolute atomic E-state index is 13.1. The van der Waals surface area contributed by atoms with Gasteiger partial charge in [-0.05, 0) is 24.6 Å². The number of anilines is 3. The summed E-state index contributed by atoms with van der Waals surface area (Å²) in [6.45, 7) is 2.51. The van der Waals surface area contributed by atoms with Crippen molar-refractivity contribution in [1.82, 2.24) is 15.0 Å². The van der Waals surface area contributed by atoms with E-state index in [1.165, 1.54) is 12.1 Å². The van der Waals surface area contributed by atoms with E-state index in [0.717, 1.165) is 6.42 Å². The van der Waals surface area contributed by atoms with Crippen LogP contribution >= 0.6 is 0 Å². The van der Waals surface area contributed by atoms with Gasteiger partial charge in [-0.1, -0.05) is 13.0 Å². The summed E-state index contributed by atoms with van der Waals surface area (Å²) in [6, 6.07) is 6.28. The molecule has 0 aliphatic carbocycles. The molecule has 7 heteroatoms. The van der Waals surface area contributed by atoms with Gasteiger partial charge < -0.3 is 15.4 Å². The zero-order valence-electron chi connectivity index (χ0n) is 11.4. The first-order valence-electron chi connectivity index (χ1n) is 6.30. The molecule has 0 unspecified atom stereocenters. The predicted molar refractivity (Wildman–Crippen MR) is 74.8 cm³/mol. The number of rotatable bonds is 6. The van der Waals surface area contributed by atoms with Crippen molar-refractivity contribution in [3.8, 4) is 6.01 Å². The minimum Gasteiger partial charge on any atom is -0.463 e. The smallest absolute Gasteiger partial charge is 0.323 e. The Bertz CT molecular complexity index is 578. The zero-order valence-corrected chi connectivity index (χ0v) is 11.4. The molecule has 0 radical (unpaired) electrons. The van der Waals surface area contributed by atoms with E-state index in [1.807, 2.05) is 6.92 Å². The van der Waals surface area contributed by atoms with Crippen LogP contribution in [0.5, 0.6) is 6.01 Å². The van der Waals surface area contributed by atoms with Gasteiger partial charge in [0, 0.05) is 12.7 Å². The van der Waals surface area contributed by atoms with Gasteiger partial charge in [-0.25, -0.2) is 4.39 Å². The summed E-state index contributed by atoms with van der Waals surface area (Å²) in [5.41, 5.74) is 0.555. The van der Waals surface area contributed by atoms with E-state index in [-0.39, 0.29) is 11.8 Å². The Morgan fingerprint density at radius 3 is 2.70 bits per heavy atom. The second-order valence-corrected chi connectivity index (χ2v) is 4.00. The minimum absolute atomic E-state index is 0.227. The maximum atomic E-state index is 13.1. The molecule has 0 saturated heterocycles. The van der Waals surface area contributed by atoms with E-state index in [0.29, 0.717) is 24.2 Å². The standard InChI is InChI=1S/C13H16FN5O/c1-3-7-20-13-18-11(15-2)17-12(19-13)16-10-6-4-5-9(14)8-10/h4-6,8H,3,7H2,1-2H3,(H2,15,16,17,18,19). The highest BCUT2D eigenvalue weighted by molar-refractivity contribution is 5.54. The summed E-state index contributed by atoms with van der Waals surface area (Å²) < 4.78 is 18.5. The third-order valence-corrected chi connectivity index (χ3v) is 2.35. The first-order valence-corrected chi connectivity index (χ1v) is 6.30. The van der Waals surface area contributed by atoms with Gasteiger partial charge >= 0.3 is 6.01 Å². The van der Waals surface area contributed by atoms with Crippen molar-refractivity contribution in [2.45, 2.75) is 13.3 Å². The number of aromatic nitrogens is 3. The number of ether oxygens (including phenoxy) is 1. The van der Waals surface area contributed by atoms with Gasteiger partial charge in [0.2, 0.25) is 11.9 Å². The van der Waals surface area contributed by atoms with Crippen molar-refractivity contribution in [1.29, 1.82) is 0 Å². The quantitative estimate of drug-likeness (QED) is 0.845. The molecule has 6 nitrogen and oxygen atoms in total. The van der Waals surface area contributed by atoms with Crippen LogP contribution in [0.25, 0.3) is 0 Å².